The Morgan fingerprint density at radius 1 is 1.17 bits per heavy atom. The van der Waals surface area contributed by atoms with Gasteiger partial charge < -0.3 is 14.2 Å². The number of hydrogen-bond donors (Lipinski definition) is 0. The largest absolute Gasteiger partial charge is 0.459 e. The smallest absolute Gasteiger partial charge is 0.358 e. The number of aldehydes is 1. The molecule has 2 aliphatic heterocycles. The molecule has 0 aromatic carbocycles. The van der Waals surface area contributed by atoms with Gasteiger partial charge >= 0.3 is 17.9 Å². The van der Waals surface area contributed by atoms with E-state index in [4.69, 9.17) is 14.2 Å². The van der Waals surface area contributed by atoms with Gasteiger partial charge in [0, 0.05) is 18.2 Å². The molecule has 0 aliphatic carbocycles. The lowest BCUT2D eigenvalue weighted by atomic mass is 9.81. The van der Waals surface area contributed by atoms with Crippen LogP contribution < -0.4 is 0 Å². The van der Waals surface area contributed by atoms with Crippen LogP contribution in [0.25, 0.3) is 0 Å². The highest BCUT2D eigenvalue weighted by Crippen LogP contribution is 2.48. The van der Waals surface area contributed by atoms with Crippen LogP contribution in [0.5, 0.6) is 0 Å². The summed E-state index contributed by atoms with van der Waals surface area (Å²) in [5.74, 6) is -2.95. The summed E-state index contributed by atoms with van der Waals surface area (Å²) in [7, 11) is 0. The van der Waals surface area contributed by atoms with Gasteiger partial charge in [-0.3, -0.25) is 24.1 Å². The van der Waals surface area contributed by atoms with Crippen molar-refractivity contribution in [1.29, 1.82) is 0 Å². The van der Waals surface area contributed by atoms with Crippen molar-refractivity contribution >= 4 is 41.9 Å². The van der Waals surface area contributed by atoms with E-state index in [2.05, 4.69) is 0 Å². The van der Waals surface area contributed by atoms with Gasteiger partial charge in [0.25, 0.3) is 0 Å². The number of esters is 3. The van der Waals surface area contributed by atoms with Crippen LogP contribution in [0.1, 0.15) is 41.5 Å². The second-order valence-corrected chi connectivity index (χ2v) is 9.41. The molecular formula is C19H25NO8S. The van der Waals surface area contributed by atoms with Crippen molar-refractivity contribution in [3.8, 4) is 0 Å². The summed E-state index contributed by atoms with van der Waals surface area (Å²) in [5, 5.41) is -0.486. The van der Waals surface area contributed by atoms with Crippen LogP contribution in [0.2, 0.25) is 0 Å². The summed E-state index contributed by atoms with van der Waals surface area (Å²) in [4.78, 5) is 61.1. The number of fused-ring (bicyclic) bond motifs is 1. The fourth-order valence-corrected chi connectivity index (χ4v) is 4.64. The van der Waals surface area contributed by atoms with E-state index in [0.29, 0.717) is 6.29 Å². The molecule has 0 spiro atoms. The van der Waals surface area contributed by atoms with Gasteiger partial charge in [-0.2, -0.15) is 0 Å². The first kappa shape index (κ1) is 22.9. The van der Waals surface area contributed by atoms with Crippen molar-refractivity contribution in [2.45, 2.75) is 52.5 Å². The number of thioether (sulfide) groups is 1. The van der Waals surface area contributed by atoms with Gasteiger partial charge in [-0.15, -0.1) is 11.8 Å². The third-order valence-corrected chi connectivity index (χ3v) is 5.78. The Hall–Kier alpha value is -2.36. The molecule has 0 bridgehead atoms. The molecule has 2 rings (SSSR count). The molecule has 2 aliphatic rings. The summed E-state index contributed by atoms with van der Waals surface area (Å²) in [5.41, 5.74) is -1.91. The molecule has 0 N–H and O–H groups in total. The zero-order valence-electron chi connectivity index (χ0n) is 17.3. The van der Waals surface area contributed by atoms with Crippen LogP contribution in [0, 0.1) is 11.3 Å². The molecule has 1 fully saturated rings. The van der Waals surface area contributed by atoms with Crippen molar-refractivity contribution < 1.29 is 38.2 Å². The maximum Gasteiger partial charge on any atom is 0.358 e. The molecule has 0 aromatic rings. The maximum absolute atomic E-state index is 12.8. The molecule has 29 heavy (non-hydrogen) atoms. The van der Waals surface area contributed by atoms with Crippen LogP contribution in [-0.4, -0.2) is 58.5 Å². The molecule has 2 atom stereocenters. The van der Waals surface area contributed by atoms with Gasteiger partial charge in [0.05, 0.1) is 10.8 Å². The highest BCUT2D eigenvalue weighted by Gasteiger charge is 2.60. The van der Waals surface area contributed by atoms with E-state index < -0.39 is 52.9 Å². The van der Waals surface area contributed by atoms with Crippen molar-refractivity contribution in [3.63, 3.8) is 0 Å². The Morgan fingerprint density at radius 2 is 1.79 bits per heavy atom. The van der Waals surface area contributed by atoms with E-state index in [1.54, 1.807) is 34.6 Å². The Labute approximate surface area is 173 Å². The monoisotopic (exact) mass is 427 g/mol. The summed E-state index contributed by atoms with van der Waals surface area (Å²) >= 11 is 1.30. The van der Waals surface area contributed by atoms with E-state index in [1.165, 1.54) is 23.6 Å². The summed E-state index contributed by atoms with van der Waals surface area (Å²) in [6, 6.07) is 0. The van der Waals surface area contributed by atoms with Crippen LogP contribution in [0.4, 0.5) is 0 Å². The fraction of sp³-hybridized carbons (Fsp3) is 0.632. The summed E-state index contributed by atoms with van der Waals surface area (Å²) in [6.45, 7) is 8.82. The lowest BCUT2D eigenvalue weighted by Gasteiger charge is -2.53. The lowest BCUT2D eigenvalue weighted by molar-refractivity contribution is -0.182. The van der Waals surface area contributed by atoms with Crippen molar-refractivity contribution in [2.24, 2.45) is 11.3 Å². The van der Waals surface area contributed by atoms with Gasteiger partial charge in [0.1, 0.15) is 23.5 Å². The quantitative estimate of drug-likeness (QED) is 0.268. The molecule has 0 unspecified atom stereocenters. The van der Waals surface area contributed by atoms with E-state index in [0.717, 1.165) is 0 Å². The van der Waals surface area contributed by atoms with Crippen molar-refractivity contribution in [1.82, 2.24) is 4.90 Å². The topological polar surface area (TPSA) is 116 Å². The second-order valence-electron chi connectivity index (χ2n) is 8.31. The molecule has 9 nitrogen and oxygen atoms in total. The molecule has 0 radical (unpaired) electrons. The molecule has 160 valence electrons. The normalized spacial score (nSPS) is 21.7. The first-order valence-electron chi connectivity index (χ1n) is 8.98. The molecule has 0 aromatic heterocycles. The van der Waals surface area contributed by atoms with Gasteiger partial charge in [-0.25, -0.2) is 4.79 Å². The van der Waals surface area contributed by atoms with Crippen LogP contribution in [-0.2, 0) is 38.2 Å². The molecule has 10 heteroatoms. The maximum atomic E-state index is 12.8. The minimum absolute atomic E-state index is 0.107. The number of amides is 1. The van der Waals surface area contributed by atoms with Gasteiger partial charge in [-0.1, -0.05) is 0 Å². The molecule has 1 amide bonds. The molecule has 0 saturated carbocycles. The van der Waals surface area contributed by atoms with E-state index in [-0.39, 0.29) is 17.0 Å². The summed E-state index contributed by atoms with van der Waals surface area (Å²) in [6.07, 6.45) is 0.499. The van der Waals surface area contributed by atoms with Crippen molar-refractivity contribution in [3.05, 3.63) is 11.3 Å². The minimum atomic E-state index is -1.08. The zero-order chi connectivity index (χ0) is 22.1. The van der Waals surface area contributed by atoms with Crippen LogP contribution >= 0.6 is 11.8 Å². The molecular weight excluding hydrogens is 402 g/mol. The zero-order valence-corrected chi connectivity index (χ0v) is 18.1. The predicted octanol–water partition coefficient (Wildman–Crippen LogP) is 1.40. The molecule has 1 saturated heterocycles. The average Bonchev–Trinajstić information content (AvgIpc) is 2.57. The van der Waals surface area contributed by atoms with Gasteiger partial charge in [0.15, 0.2) is 0 Å². The predicted molar refractivity (Wildman–Crippen MR) is 102 cm³/mol. The standard InChI is InChI=1S/C19H25NO8S/c1-10(22)28-19(5,6)12-14(23)20-13(11(7-21)8-29-15(12)20)16(24)26-9-27-17(25)18(2,3)4/h7,12,15H,8-9H2,1-6H3/t12-,15-/m0/s1. The SMILES string of the molecule is CC(=O)OC(C)(C)[C@H]1C(=O)N2C(C(=O)OCOC(=O)C(C)(C)C)=C(C=O)CS[C@@H]12. The minimum Gasteiger partial charge on any atom is -0.459 e. The number of carbonyl (C=O) groups is 5. The van der Waals surface area contributed by atoms with Gasteiger partial charge in [-0.05, 0) is 34.6 Å². The van der Waals surface area contributed by atoms with Crippen LogP contribution in [0.15, 0.2) is 11.3 Å². The van der Waals surface area contributed by atoms with E-state index in [9.17, 15) is 24.0 Å². The number of hydrogen-bond acceptors (Lipinski definition) is 9. The third-order valence-electron chi connectivity index (χ3n) is 4.48. The lowest BCUT2D eigenvalue weighted by Crippen LogP contribution is -2.68. The highest BCUT2D eigenvalue weighted by atomic mass is 32.2. The number of rotatable bonds is 6. The number of carbonyl (C=O) groups excluding carboxylic acids is 5. The van der Waals surface area contributed by atoms with Crippen LogP contribution in [0.3, 0.4) is 0 Å². The van der Waals surface area contributed by atoms with Gasteiger partial charge in [0.2, 0.25) is 12.7 Å². The number of ether oxygens (including phenoxy) is 3. The highest BCUT2D eigenvalue weighted by molar-refractivity contribution is 8.00. The average molecular weight is 427 g/mol. The number of nitrogens with zero attached hydrogens (tertiary/aromatic N) is 1. The second kappa shape index (κ2) is 8.17. The molecule has 2 heterocycles. The Morgan fingerprint density at radius 3 is 2.31 bits per heavy atom. The Kier molecular flexibility index (Phi) is 6.46. The fourth-order valence-electron chi connectivity index (χ4n) is 3.09. The number of β-lactam (4-membered cyclic amide) rings is 1. The van der Waals surface area contributed by atoms with E-state index >= 15 is 0 Å². The van der Waals surface area contributed by atoms with Crippen molar-refractivity contribution in [2.75, 3.05) is 12.5 Å². The van der Waals surface area contributed by atoms with E-state index in [1.807, 2.05) is 0 Å². The first-order valence-corrected chi connectivity index (χ1v) is 10.0. The third kappa shape index (κ3) is 4.63. The summed E-state index contributed by atoms with van der Waals surface area (Å²) < 4.78 is 15.2. The Balaban J connectivity index is 2.15. The first-order chi connectivity index (χ1) is 13.3. The Bertz CT molecular complexity index is 780.